The smallest absolute Gasteiger partial charge is 0.261 e. The van der Waals surface area contributed by atoms with Crippen LogP contribution in [-0.2, 0) is 10.0 Å². The molecule has 4 rings (SSSR count). The summed E-state index contributed by atoms with van der Waals surface area (Å²) in [7, 11) is -3.62. The van der Waals surface area contributed by atoms with Gasteiger partial charge in [0.15, 0.2) is 0 Å². The number of benzene rings is 2. The lowest BCUT2D eigenvalue weighted by Gasteiger charge is -2.09. The molecule has 2 aromatic heterocycles. The van der Waals surface area contributed by atoms with Gasteiger partial charge < -0.3 is 0 Å². The third kappa shape index (κ3) is 2.97. The first-order chi connectivity index (χ1) is 12.1. The molecule has 6 nitrogen and oxygen atoms in total. The maximum atomic E-state index is 12.3. The molecule has 2 aromatic carbocycles. The molecule has 0 saturated carbocycles. The van der Waals surface area contributed by atoms with E-state index in [4.69, 9.17) is 0 Å². The number of aromatic nitrogens is 3. The second-order valence-electron chi connectivity index (χ2n) is 5.43. The van der Waals surface area contributed by atoms with Crippen LogP contribution in [0.1, 0.15) is 0 Å². The summed E-state index contributed by atoms with van der Waals surface area (Å²) in [5.41, 5.74) is 2.21. The number of para-hydroxylation sites is 2. The standard InChI is InChI=1S/C18H14N4O2S/c23-25(24,15-6-2-1-3-7-15)21-14-10-11-18(19-12-14)22-13-20-16-8-4-5-9-17(16)22/h1-13,21H. The van der Waals surface area contributed by atoms with Gasteiger partial charge in [-0.3, -0.25) is 9.29 Å². The van der Waals surface area contributed by atoms with Gasteiger partial charge in [0.2, 0.25) is 0 Å². The molecular weight excluding hydrogens is 336 g/mol. The maximum Gasteiger partial charge on any atom is 0.261 e. The molecule has 7 heteroatoms. The van der Waals surface area contributed by atoms with Crippen molar-refractivity contribution in [3.63, 3.8) is 0 Å². The molecule has 2 heterocycles. The van der Waals surface area contributed by atoms with Gasteiger partial charge in [0.25, 0.3) is 10.0 Å². The molecule has 0 amide bonds. The third-order valence-corrected chi connectivity index (χ3v) is 5.15. The number of hydrogen-bond donors (Lipinski definition) is 1. The summed E-state index contributed by atoms with van der Waals surface area (Å²) in [6.07, 6.45) is 3.19. The Kier molecular flexibility index (Phi) is 3.70. The van der Waals surface area contributed by atoms with Crippen LogP contribution in [0.5, 0.6) is 0 Å². The Morgan fingerprint density at radius 3 is 2.36 bits per heavy atom. The number of imidazole rings is 1. The second kappa shape index (κ2) is 6.03. The minimum Gasteiger partial charge on any atom is -0.283 e. The number of anilines is 1. The number of pyridine rings is 1. The van der Waals surface area contributed by atoms with Crippen LogP contribution in [0.25, 0.3) is 16.9 Å². The SMILES string of the molecule is O=S(=O)(Nc1ccc(-n2cnc3ccccc32)nc1)c1ccccc1. The molecule has 0 aliphatic carbocycles. The highest BCUT2D eigenvalue weighted by atomic mass is 32.2. The molecule has 124 valence electrons. The fourth-order valence-electron chi connectivity index (χ4n) is 2.54. The van der Waals surface area contributed by atoms with Crippen LogP contribution < -0.4 is 4.72 Å². The van der Waals surface area contributed by atoms with Crippen molar-refractivity contribution in [2.45, 2.75) is 4.90 Å². The van der Waals surface area contributed by atoms with Crippen LogP contribution in [-0.4, -0.2) is 23.0 Å². The van der Waals surface area contributed by atoms with E-state index in [1.54, 1.807) is 48.8 Å². The van der Waals surface area contributed by atoms with Crippen molar-refractivity contribution in [1.82, 2.24) is 14.5 Å². The quantitative estimate of drug-likeness (QED) is 0.613. The number of hydrogen-bond acceptors (Lipinski definition) is 4. The number of nitrogens with one attached hydrogen (secondary N) is 1. The molecule has 0 bridgehead atoms. The number of sulfonamides is 1. The number of rotatable bonds is 4. The van der Waals surface area contributed by atoms with Gasteiger partial charge in [-0.05, 0) is 36.4 Å². The van der Waals surface area contributed by atoms with Crippen molar-refractivity contribution >= 4 is 26.7 Å². The Hall–Kier alpha value is -3.19. The van der Waals surface area contributed by atoms with E-state index in [-0.39, 0.29) is 4.90 Å². The van der Waals surface area contributed by atoms with Crippen LogP contribution in [0.2, 0.25) is 0 Å². The lowest BCUT2D eigenvalue weighted by atomic mass is 10.3. The topological polar surface area (TPSA) is 76.9 Å². The highest BCUT2D eigenvalue weighted by Gasteiger charge is 2.13. The average molecular weight is 350 g/mol. The van der Waals surface area contributed by atoms with E-state index in [1.807, 2.05) is 28.8 Å². The fourth-order valence-corrected chi connectivity index (χ4v) is 3.61. The molecular formula is C18H14N4O2S. The Morgan fingerprint density at radius 1 is 0.840 bits per heavy atom. The molecule has 0 saturated heterocycles. The van der Waals surface area contributed by atoms with Crippen LogP contribution in [0.15, 0.2) is 84.1 Å². The lowest BCUT2D eigenvalue weighted by Crippen LogP contribution is -2.13. The third-order valence-electron chi connectivity index (χ3n) is 3.75. The Balaban J connectivity index is 1.63. The summed E-state index contributed by atoms with van der Waals surface area (Å²) in [6, 6.07) is 19.4. The Labute approximate surface area is 144 Å². The van der Waals surface area contributed by atoms with Gasteiger partial charge in [-0.15, -0.1) is 0 Å². The van der Waals surface area contributed by atoms with E-state index >= 15 is 0 Å². The van der Waals surface area contributed by atoms with E-state index in [1.165, 1.54) is 6.20 Å². The predicted octanol–water partition coefficient (Wildman–Crippen LogP) is 3.22. The largest absolute Gasteiger partial charge is 0.283 e. The van der Waals surface area contributed by atoms with Gasteiger partial charge in [-0.2, -0.15) is 0 Å². The van der Waals surface area contributed by atoms with Crippen molar-refractivity contribution in [2.75, 3.05) is 4.72 Å². The second-order valence-corrected chi connectivity index (χ2v) is 7.11. The molecule has 4 aromatic rings. The van der Waals surface area contributed by atoms with Gasteiger partial charge in [-0.25, -0.2) is 18.4 Å². The number of nitrogens with zero attached hydrogens (tertiary/aromatic N) is 3. The highest BCUT2D eigenvalue weighted by Crippen LogP contribution is 2.19. The van der Waals surface area contributed by atoms with Gasteiger partial charge in [0.05, 0.1) is 27.8 Å². The van der Waals surface area contributed by atoms with Crippen LogP contribution >= 0.6 is 0 Å². The van der Waals surface area contributed by atoms with Gasteiger partial charge in [0, 0.05) is 0 Å². The summed E-state index contributed by atoms with van der Waals surface area (Å²) in [5.74, 6) is 0.663. The van der Waals surface area contributed by atoms with Crippen molar-refractivity contribution < 1.29 is 8.42 Å². The van der Waals surface area contributed by atoms with Gasteiger partial charge in [0.1, 0.15) is 12.1 Å². The van der Waals surface area contributed by atoms with E-state index in [0.29, 0.717) is 11.5 Å². The summed E-state index contributed by atoms with van der Waals surface area (Å²) in [4.78, 5) is 8.88. The summed E-state index contributed by atoms with van der Waals surface area (Å²) >= 11 is 0. The van der Waals surface area contributed by atoms with Crippen molar-refractivity contribution in [1.29, 1.82) is 0 Å². The van der Waals surface area contributed by atoms with Gasteiger partial charge in [-0.1, -0.05) is 30.3 Å². The first-order valence-electron chi connectivity index (χ1n) is 7.60. The van der Waals surface area contributed by atoms with E-state index in [0.717, 1.165) is 11.0 Å². The monoisotopic (exact) mass is 350 g/mol. The molecule has 0 spiro atoms. The van der Waals surface area contributed by atoms with Crippen molar-refractivity contribution in [3.05, 3.63) is 79.3 Å². The zero-order valence-corrected chi connectivity index (χ0v) is 13.9. The van der Waals surface area contributed by atoms with Crippen LogP contribution in [0, 0.1) is 0 Å². The van der Waals surface area contributed by atoms with Crippen molar-refractivity contribution in [3.8, 4) is 5.82 Å². The first kappa shape index (κ1) is 15.3. The van der Waals surface area contributed by atoms with E-state index in [2.05, 4.69) is 14.7 Å². The Bertz CT molecular complexity index is 1120. The Morgan fingerprint density at radius 2 is 1.60 bits per heavy atom. The van der Waals surface area contributed by atoms with Gasteiger partial charge >= 0.3 is 0 Å². The predicted molar refractivity (Wildman–Crippen MR) is 96.1 cm³/mol. The van der Waals surface area contributed by atoms with E-state index < -0.39 is 10.0 Å². The highest BCUT2D eigenvalue weighted by molar-refractivity contribution is 7.92. The number of fused-ring (bicyclic) bond motifs is 1. The minimum absolute atomic E-state index is 0.208. The normalized spacial score (nSPS) is 11.5. The molecule has 0 aliphatic heterocycles. The lowest BCUT2D eigenvalue weighted by molar-refractivity contribution is 0.601. The molecule has 0 atom stereocenters. The fraction of sp³-hybridized carbons (Fsp3) is 0. The first-order valence-corrected chi connectivity index (χ1v) is 9.08. The molecule has 0 radical (unpaired) electrons. The average Bonchev–Trinajstić information content (AvgIpc) is 3.07. The zero-order valence-electron chi connectivity index (χ0n) is 13.1. The summed E-state index contributed by atoms with van der Waals surface area (Å²) in [5, 5.41) is 0. The molecule has 0 fully saturated rings. The summed E-state index contributed by atoms with van der Waals surface area (Å²) < 4.78 is 29.1. The minimum atomic E-state index is -3.62. The zero-order chi connectivity index (χ0) is 17.3. The molecule has 25 heavy (non-hydrogen) atoms. The summed E-state index contributed by atoms with van der Waals surface area (Å²) in [6.45, 7) is 0. The van der Waals surface area contributed by atoms with Crippen molar-refractivity contribution in [2.24, 2.45) is 0 Å². The maximum absolute atomic E-state index is 12.3. The molecule has 0 aliphatic rings. The molecule has 0 unspecified atom stereocenters. The van der Waals surface area contributed by atoms with Crippen LogP contribution in [0.3, 0.4) is 0 Å². The van der Waals surface area contributed by atoms with E-state index in [9.17, 15) is 8.42 Å². The van der Waals surface area contributed by atoms with Crippen LogP contribution in [0.4, 0.5) is 5.69 Å². The molecule has 1 N–H and O–H groups in total.